The molecule has 0 radical (unpaired) electrons. The summed E-state index contributed by atoms with van der Waals surface area (Å²) in [4.78, 5) is 45.3. The van der Waals surface area contributed by atoms with Crippen LogP contribution in [-0.4, -0.2) is 92.0 Å². The van der Waals surface area contributed by atoms with E-state index in [1.54, 1.807) is 39.5 Å². The van der Waals surface area contributed by atoms with Crippen molar-refractivity contribution in [1.82, 2.24) is 30.3 Å². The number of allylic oxidation sites excluding steroid dienone is 5. The van der Waals surface area contributed by atoms with Crippen LogP contribution in [0.3, 0.4) is 0 Å². The van der Waals surface area contributed by atoms with Gasteiger partial charge in [0.15, 0.2) is 11.7 Å². The fourth-order valence-corrected chi connectivity index (χ4v) is 6.13. The van der Waals surface area contributed by atoms with E-state index in [1.807, 2.05) is 9.80 Å². The zero-order chi connectivity index (χ0) is 36.4. The normalized spacial score (nSPS) is 21.2. The Bertz CT molecular complexity index is 1610. The summed E-state index contributed by atoms with van der Waals surface area (Å²) in [6.07, 6.45) is 6.25. The summed E-state index contributed by atoms with van der Waals surface area (Å²) in [6.45, 7) is 13.0. The number of nitrogens with zero attached hydrogens (tertiary/aromatic N) is 7. The lowest BCUT2D eigenvalue weighted by Gasteiger charge is -2.38. The monoisotopic (exact) mass is 702 g/mol. The molecule has 2 aromatic heterocycles. The van der Waals surface area contributed by atoms with Gasteiger partial charge in [-0.05, 0) is 66.4 Å². The van der Waals surface area contributed by atoms with Gasteiger partial charge in [0.05, 0.1) is 11.6 Å². The molecule has 1 aliphatic carbocycles. The van der Waals surface area contributed by atoms with Crippen molar-refractivity contribution < 1.29 is 37.1 Å². The number of carbonyl (C=O) groups is 2. The van der Waals surface area contributed by atoms with Gasteiger partial charge in [-0.25, -0.2) is 27.9 Å². The second-order valence-electron chi connectivity index (χ2n) is 14.5. The lowest BCUT2D eigenvalue weighted by Crippen LogP contribution is -2.48. The Labute approximate surface area is 289 Å². The quantitative estimate of drug-likeness (QED) is 0.295. The summed E-state index contributed by atoms with van der Waals surface area (Å²) < 4.78 is 53.1. The van der Waals surface area contributed by atoms with Crippen molar-refractivity contribution in [3.8, 4) is 0 Å². The largest absolute Gasteiger partial charge is 0.444 e. The lowest BCUT2D eigenvalue weighted by atomic mass is 9.99. The molecule has 0 aromatic carbocycles. The van der Waals surface area contributed by atoms with Crippen molar-refractivity contribution in [3.63, 3.8) is 0 Å². The van der Waals surface area contributed by atoms with Gasteiger partial charge >= 0.3 is 12.1 Å². The average Bonchev–Trinajstić information content (AvgIpc) is 3.59. The van der Waals surface area contributed by atoms with Gasteiger partial charge in [-0.2, -0.15) is 4.98 Å². The van der Waals surface area contributed by atoms with Crippen molar-refractivity contribution >= 4 is 24.0 Å². The minimum Gasteiger partial charge on any atom is -0.444 e. The number of aliphatic hydroxyl groups is 1. The molecule has 272 valence electrons. The molecule has 2 atom stereocenters. The van der Waals surface area contributed by atoms with Crippen LogP contribution in [0.25, 0.3) is 0 Å². The van der Waals surface area contributed by atoms with E-state index in [0.717, 1.165) is 12.8 Å². The van der Waals surface area contributed by atoms with E-state index < -0.39 is 46.7 Å². The van der Waals surface area contributed by atoms with Crippen LogP contribution < -0.4 is 15.1 Å². The first-order valence-corrected chi connectivity index (χ1v) is 16.8. The zero-order valence-electron chi connectivity index (χ0n) is 29.0. The maximum absolute atomic E-state index is 14.8. The van der Waals surface area contributed by atoms with Crippen LogP contribution in [0.2, 0.25) is 0 Å². The van der Waals surface area contributed by atoms with E-state index >= 15 is 0 Å². The topological polar surface area (TPSA) is 150 Å². The van der Waals surface area contributed by atoms with Crippen LogP contribution in [0.5, 0.6) is 0 Å². The molecule has 2 amide bonds. The minimum absolute atomic E-state index is 0.00999. The van der Waals surface area contributed by atoms with Crippen LogP contribution in [0, 0.1) is 5.92 Å². The molecule has 0 unspecified atom stereocenters. The number of nitrogens with one attached hydrogen (secondary N) is 1. The smallest absolute Gasteiger partial charge is 0.407 e. The molecular weight excluding hydrogens is 657 g/mol. The molecule has 3 aliphatic rings. The molecule has 2 N–H and O–H groups in total. The third-order valence-corrected chi connectivity index (χ3v) is 8.72. The van der Waals surface area contributed by atoms with Crippen LogP contribution in [0.1, 0.15) is 82.9 Å². The number of halogens is 3. The Kier molecular flexibility index (Phi) is 10.9. The Hall–Kier alpha value is -4.47. The van der Waals surface area contributed by atoms with E-state index in [2.05, 4.69) is 32.0 Å². The number of anilines is 2. The van der Waals surface area contributed by atoms with Crippen molar-refractivity contribution in [3.05, 3.63) is 60.0 Å². The zero-order valence-corrected chi connectivity index (χ0v) is 29.0. The molecule has 0 bridgehead atoms. The summed E-state index contributed by atoms with van der Waals surface area (Å²) in [5.41, 5.74) is -1.66. The van der Waals surface area contributed by atoms with E-state index in [-0.39, 0.29) is 49.3 Å². The number of carbonyl (C=O) groups excluding carboxylic acids is 2. The highest BCUT2D eigenvalue weighted by Crippen LogP contribution is 2.35. The van der Waals surface area contributed by atoms with Gasteiger partial charge in [0.2, 0.25) is 11.8 Å². The molecule has 4 heterocycles. The van der Waals surface area contributed by atoms with Crippen LogP contribution in [0.4, 0.5) is 29.9 Å². The molecule has 3 fully saturated rings. The molecule has 2 saturated heterocycles. The summed E-state index contributed by atoms with van der Waals surface area (Å²) in [7, 11) is 0. The van der Waals surface area contributed by atoms with Crippen molar-refractivity contribution in [2.45, 2.75) is 96.1 Å². The van der Waals surface area contributed by atoms with Gasteiger partial charge in [-0.1, -0.05) is 11.7 Å². The third kappa shape index (κ3) is 9.20. The average molecular weight is 703 g/mol. The number of hydrogen-bond acceptors (Lipinski definition) is 11. The standard InChI is InChI=1S/C34H45F3N8O5/c1-7-25(36)26(37)15-22(35)14-20-18-44(19-27(20)40-32(47)49-33(2,3)4)30-38-16-21(17-39-30)28(46)45(23-8-9-23)24-10-12-43(13-11-24)31-41-29(42-50-31)34(5,6)48/h7,15-17,20,23-24,27,48H,1,8-14,18-19H2,2-6H3,(H,40,47)/b22-15+,26-25-/t20-,27-/m0/s1. The van der Waals surface area contributed by atoms with Crippen molar-refractivity contribution in [1.29, 1.82) is 0 Å². The molecule has 2 aromatic rings. The second-order valence-corrected chi connectivity index (χ2v) is 14.5. The highest BCUT2D eigenvalue weighted by molar-refractivity contribution is 5.94. The molecule has 50 heavy (non-hydrogen) atoms. The first kappa shape index (κ1) is 36.8. The Balaban J connectivity index is 1.25. The Morgan fingerprint density at radius 1 is 1.04 bits per heavy atom. The maximum atomic E-state index is 14.8. The number of aromatic nitrogens is 4. The van der Waals surface area contributed by atoms with Crippen LogP contribution in [0.15, 0.2) is 53.1 Å². The molecule has 5 rings (SSSR count). The van der Waals surface area contributed by atoms with Crippen molar-refractivity contribution in [2.24, 2.45) is 5.92 Å². The van der Waals surface area contributed by atoms with Gasteiger partial charge in [0.1, 0.15) is 17.0 Å². The Morgan fingerprint density at radius 2 is 1.68 bits per heavy atom. The lowest BCUT2D eigenvalue weighted by molar-refractivity contribution is 0.0495. The predicted octanol–water partition coefficient (Wildman–Crippen LogP) is 5.27. The minimum atomic E-state index is -1.38. The van der Waals surface area contributed by atoms with Crippen LogP contribution in [-0.2, 0) is 10.3 Å². The molecule has 2 aliphatic heterocycles. The fourth-order valence-electron chi connectivity index (χ4n) is 6.13. The number of amides is 2. The summed E-state index contributed by atoms with van der Waals surface area (Å²) >= 11 is 0. The number of rotatable bonds is 11. The van der Waals surface area contributed by atoms with Crippen LogP contribution >= 0.6 is 0 Å². The first-order valence-electron chi connectivity index (χ1n) is 16.8. The molecule has 0 spiro atoms. The number of ether oxygens (including phenoxy) is 1. The third-order valence-electron chi connectivity index (χ3n) is 8.72. The molecule has 1 saturated carbocycles. The maximum Gasteiger partial charge on any atom is 0.407 e. The summed E-state index contributed by atoms with van der Waals surface area (Å²) in [5.74, 6) is -3.83. The van der Waals surface area contributed by atoms with Gasteiger partial charge in [0, 0.05) is 69.1 Å². The number of hydrogen-bond donors (Lipinski definition) is 2. The molecule has 16 heteroatoms. The Morgan fingerprint density at radius 3 is 2.24 bits per heavy atom. The summed E-state index contributed by atoms with van der Waals surface area (Å²) in [5, 5.41) is 16.8. The van der Waals surface area contributed by atoms with Gasteiger partial charge in [0.25, 0.3) is 5.91 Å². The fraction of sp³-hybridized carbons (Fsp3) is 0.588. The van der Waals surface area contributed by atoms with Gasteiger partial charge in [-0.3, -0.25) is 4.79 Å². The highest BCUT2D eigenvalue weighted by Gasteiger charge is 2.41. The predicted molar refractivity (Wildman–Crippen MR) is 178 cm³/mol. The highest BCUT2D eigenvalue weighted by atomic mass is 19.2. The molecule has 13 nitrogen and oxygen atoms in total. The summed E-state index contributed by atoms with van der Waals surface area (Å²) in [6, 6.07) is -0.170. The number of alkyl carbamates (subject to hydrolysis) is 1. The van der Waals surface area contributed by atoms with E-state index in [9.17, 15) is 27.9 Å². The van der Waals surface area contributed by atoms with E-state index in [4.69, 9.17) is 9.26 Å². The van der Waals surface area contributed by atoms with Gasteiger partial charge in [-0.15, -0.1) is 0 Å². The van der Waals surface area contributed by atoms with E-state index in [0.29, 0.717) is 49.7 Å². The van der Waals surface area contributed by atoms with Gasteiger partial charge < -0.3 is 34.4 Å². The second kappa shape index (κ2) is 14.8. The van der Waals surface area contributed by atoms with E-state index in [1.165, 1.54) is 12.4 Å². The van der Waals surface area contributed by atoms with Crippen molar-refractivity contribution in [2.75, 3.05) is 36.0 Å². The SMILES string of the molecule is C=C/C(F)=C(F)\C=C(\F)C[C@H]1CN(c2ncc(C(=O)N(C3CC3)C3CCN(c4nc(C(C)(C)O)no4)CC3)cn2)C[C@@H]1NC(=O)OC(C)(C)C. The number of piperidine rings is 1. The molecular formula is C34H45F3N8O5. The first-order chi connectivity index (χ1) is 23.5.